The zero-order chi connectivity index (χ0) is 25.4. The summed E-state index contributed by atoms with van der Waals surface area (Å²) in [5.74, 6) is 0.616. The molecule has 9 heteroatoms. The predicted octanol–water partition coefficient (Wildman–Crippen LogP) is 4.02. The molecule has 2 aromatic heterocycles. The first-order valence-corrected chi connectivity index (χ1v) is 12.5. The van der Waals surface area contributed by atoms with Crippen molar-refractivity contribution < 1.29 is 9.59 Å². The fourth-order valence-electron chi connectivity index (χ4n) is 5.33. The van der Waals surface area contributed by atoms with Gasteiger partial charge in [-0.15, -0.1) is 0 Å². The second kappa shape index (κ2) is 9.61. The van der Waals surface area contributed by atoms with Gasteiger partial charge in [0.2, 0.25) is 5.91 Å². The van der Waals surface area contributed by atoms with Crippen LogP contribution < -0.4 is 10.2 Å². The summed E-state index contributed by atoms with van der Waals surface area (Å²) in [6, 6.07) is 9.69. The standard InChI is InChI=1S/C27H31N7O2/c1-17-7-8-22(29-19(3)35)21(12-17)27(36)33-10-5-4-6-24(33)23-13-25-30-26(18(2)15-34(25)31-23)32-11-9-20(14-28)16-32/h7-8,12-13,15,20,24H,4-6,9-11,16H2,1-3H3,(H,29,35). The van der Waals surface area contributed by atoms with Gasteiger partial charge < -0.3 is 15.1 Å². The lowest BCUT2D eigenvalue weighted by molar-refractivity contribution is -0.114. The van der Waals surface area contributed by atoms with Crippen molar-refractivity contribution in [1.82, 2.24) is 19.5 Å². The number of hydrogen-bond acceptors (Lipinski definition) is 6. The molecule has 186 valence electrons. The van der Waals surface area contributed by atoms with Crippen LogP contribution in [0.3, 0.4) is 0 Å². The van der Waals surface area contributed by atoms with Crippen molar-refractivity contribution in [1.29, 1.82) is 5.26 Å². The minimum Gasteiger partial charge on any atom is -0.355 e. The second-order valence-corrected chi connectivity index (χ2v) is 9.92. The lowest BCUT2D eigenvalue weighted by atomic mass is 9.97. The molecule has 2 amide bonds. The molecular weight excluding hydrogens is 454 g/mol. The molecule has 0 saturated carbocycles. The zero-order valence-corrected chi connectivity index (χ0v) is 21.0. The van der Waals surface area contributed by atoms with E-state index in [0.717, 1.165) is 60.5 Å². The van der Waals surface area contributed by atoms with Gasteiger partial charge in [-0.3, -0.25) is 9.59 Å². The molecular formula is C27H31N7O2. The van der Waals surface area contributed by atoms with Gasteiger partial charge in [0.1, 0.15) is 5.82 Å². The van der Waals surface area contributed by atoms with E-state index in [9.17, 15) is 14.9 Å². The van der Waals surface area contributed by atoms with Crippen LogP contribution in [0.5, 0.6) is 0 Å². The van der Waals surface area contributed by atoms with Crippen LogP contribution in [-0.4, -0.2) is 50.9 Å². The Morgan fingerprint density at radius 2 is 1.97 bits per heavy atom. The van der Waals surface area contributed by atoms with Crippen molar-refractivity contribution in [2.45, 2.75) is 52.5 Å². The van der Waals surface area contributed by atoms with E-state index in [0.29, 0.717) is 24.3 Å². The van der Waals surface area contributed by atoms with Crippen LogP contribution in [0.2, 0.25) is 0 Å². The Balaban J connectivity index is 1.47. The van der Waals surface area contributed by atoms with Crippen LogP contribution in [0.4, 0.5) is 11.5 Å². The molecule has 9 nitrogen and oxygen atoms in total. The predicted molar refractivity (Wildman–Crippen MR) is 137 cm³/mol. The first-order valence-electron chi connectivity index (χ1n) is 12.5. The Kier molecular flexibility index (Phi) is 6.35. The lowest BCUT2D eigenvalue weighted by Gasteiger charge is -2.35. The van der Waals surface area contributed by atoms with Crippen molar-refractivity contribution in [2.24, 2.45) is 5.92 Å². The molecule has 2 atom stereocenters. The molecule has 1 aromatic carbocycles. The van der Waals surface area contributed by atoms with Crippen LogP contribution in [0, 0.1) is 31.1 Å². The normalized spacial score (nSPS) is 19.9. The minimum absolute atomic E-state index is 0.0358. The van der Waals surface area contributed by atoms with E-state index in [4.69, 9.17) is 10.1 Å². The summed E-state index contributed by atoms with van der Waals surface area (Å²) in [4.78, 5) is 34.5. The van der Waals surface area contributed by atoms with Gasteiger partial charge in [0.25, 0.3) is 5.91 Å². The number of nitrogens with zero attached hydrogens (tertiary/aromatic N) is 6. The van der Waals surface area contributed by atoms with Crippen molar-refractivity contribution in [3.63, 3.8) is 0 Å². The smallest absolute Gasteiger partial charge is 0.256 e. The number of anilines is 2. The molecule has 4 heterocycles. The molecule has 0 spiro atoms. The summed E-state index contributed by atoms with van der Waals surface area (Å²) >= 11 is 0. The topological polar surface area (TPSA) is 107 Å². The highest BCUT2D eigenvalue weighted by Crippen LogP contribution is 2.34. The molecule has 1 N–H and O–H groups in total. The molecule has 2 saturated heterocycles. The van der Waals surface area contributed by atoms with E-state index in [1.165, 1.54) is 6.92 Å². The highest BCUT2D eigenvalue weighted by molar-refractivity contribution is 6.03. The number of rotatable bonds is 4. The monoisotopic (exact) mass is 485 g/mol. The fourth-order valence-corrected chi connectivity index (χ4v) is 5.33. The third-order valence-corrected chi connectivity index (χ3v) is 7.12. The molecule has 36 heavy (non-hydrogen) atoms. The summed E-state index contributed by atoms with van der Waals surface area (Å²) in [7, 11) is 0. The average Bonchev–Trinajstić information content (AvgIpc) is 3.50. The largest absolute Gasteiger partial charge is 0.355 e. The summed E-state index contributed by atoms with van der Waals surface area (Å²) < 4.78 is 1.79. The number of aryl methyl sites for hydroxylation is 2. The van der Waals surface area contributed by atoms with Gasteiger partial charge in [-0.1, -0.05) is 11.6 Å². The van der Waals surface area contributed by atoms with Gasteiger partial charge in [-0.2, -0.15) is 10.4 Å². The Hall–Kier alpha value is -3.93. The van der Waals surface area contributed by atoms with Crippen LogP contribution in [-0.2, 0) is 4.79 Å². The molecule has 3 aromatic rings. The Labute approximate surface area is 210 Å². The first kappa shape index (κ1) is 23.8. The molecule has 2 fully saturated rings. The molecule has 0 bridgehead atoms. The Morgan fingerprint density at radius 1 is 1.14 bits per heavy atom. The fraction of sp³-hybridized carbons (Fsp3) is 0.444. The summed E-state index contributed by atoms with van der Waals surface area (Å²) in [5, 5.41) is 16.9. The van der Waals surface area contributed by atoms with E-state index < -0.39 is 0 Å². The quantitative estimate of drug-likeness (QED) is 0.598. The first-order chi connectivity index (χ1) is 17.3. The Morgan fingerprint density at radius 3 is 2.72 bits per heavy atom. The van der Waals surface area contributed by atoms with E-state index in [1.54, 1.807) is 10.6 Å². The van der Waals surface area contributed by atoms with Gasteiger partial charge >= 0.3 is 0 Å². The van der Waals surface area contributed by atoms with Crippen molar-refractivity contribution in [3.8, 4) is 6.07 Å². The highest BCUT2D eigenvalue weighted by atomic mass is 16.2. The van der Waals surface area contributed by atoms with E-state index in [2.05, 4.69) is 16.3 Å². The summed E-state index contributed by atoms with van der Waals surface area (Å²) in [5.41, 5.74) is 4.54. The maximum Gasteiger partial charge on any atom is 0.256 e. The van der Waals surface area contributed by atoms with Crippen molar-refractivity contribution in [2.75, 3.05) is 29.9 Å². The number of likely N-dealkylation sites (tertiary alicyclic amines) is 1. The molecule has 2 aliphatic heterocycles. The van der Waals surface area contributed by atoms with Gasteiger partial charge in [0.15, 0.2) is 5.65 Å². The highest BCUT2D eigenvalue weighted by Gasteiger charge is 2.32. The van der Waals surface area contributed by atoms with Gasteiger partial charge in [-0.05, 0) is 51.7 Å². The van der Waals surface area contributed by atoms with Crippen LogP contribution in [0.25, 0.3) is 5.65 Å². The van der Waals surface area contributed by atoms with E-state index >= 15 is 0 Å². The molecule has 0 radical (unpaired) electrons. The molecule has 2 aliphatic rings. The number of nitriles is 1. The number of hydrogen-bond donors (Lipinski definition) is 1. The Bertz CT molecular complexity index is 1370. The van der Waals surface area contributed by atoms with Crippen LogP contribution in [0.1, 0.15) is 65.8 Å². The maximum absolute atomic E-state index is 13.8. The number of carbonyl (C=O) groups excluding carboxylic acids is 2. The number of aromatic nitrogens is 3. The van der Waals surface area contributed by atoms with Crippen molar-refractivity contribution >= 4 is 29.0 Å². The lowest BCUT2D eigenvalue weighted by Crippen LogP contribution is -2.39. The van der Waals surface area contributed by atoms with Gasteiger partial charge in [0, 0.05) is 44.4 Å². The van der Waals surface area contributed by atoms with Crippen LogP contribution >= 0.6 is 0 Å². The second-order valence-electron chi connectivity index (χ2n) is 9.92. The summed E-state index contributed by atoms with van der Waals surface area (Å²) in [6.45, 7) is 7.54. The third kappa shape index (κ3) is 4.51. The molecule has 2 unspecified atom stereocenters. The van der Waals surface area contributed by atoms with E-state index in [-0.39, 0.29) is 23.8 Å². The summed E-state index contributed by atoms with van der Waals surface area (Å²) in [6.07, 6.45) is 5.58. The van der Waals surface area contributed by atoms with Crippen molar-refractivity contribution in [3.05, 3.63) is 52.8 Å². The molecule has 0 aliphatic carbocycles. The number of amides is 2. The average molecular weight is 486 g/mol. The SMILES string of the molecule is CC(=O)Nc1ccc(C)cc1C(=O)N1CCCCC1c1cc2nc(N3CCC(C#N)C3)c(C)cn2n1. The van der Waals surface area contributed by atoms with Gasteiger partial charge in [0.05, 0.1) is 35.0 Å². The number of piperidine rings is 1. The number of nitrogens with one attached hydrogen (secondary N) is 1. The minimum atomic E-state index is -0.209. The van der Waals surface area contributed by atoms with Crippen LogP contribution in [0.15, 0.2) is 30.5 Å². The number of carbonyl (C=O) groups is 2. The number of benzene rings is 1. The molecule has 5 rings (SSSR count). The van der Waals surface area contributed by atoms with E-state index in [1.807, 2.05) is 43.1 Å². The number of fused-ring (bicyclic) bond motifs is 1. The third-order valence-electron chi connectivity index (χ3n) is 7.12. The van der Waals surface area contributed by atoms with Gasteiger partial charge in [-0.25, -0.2) is 9.50 Å². The zero-order valence-electron chi connectivity index (χ0n) is 21.0. The maximum atomic E-state index is 13.8.